The van der Waals surface area contributed by atoms with Gasteiger partial charge in [0.2, 0.25) is 5.95 Å². The van der Waals surface area contributed by atoms with Crippen LogP contribution in [0, 0.1) is 12.7 Å². The maximum Gasteiger partial charge on any atom is 0.229 e. The molecule has 0 fully saturated rings. The Labute approximate surface area is 162 Å². The van der Waals surface area contributed by atoms with Crippen molar-refractivity contribution in [2.75, 3.05) is 24.3 Å². The van der Waals surface area contributed by atoms with Gasteiger partial charge in [-0.25, -0.2) is 9.37 Å². The summed E-state index contributed by atoms with van der Waals surface area (Å²) in [5.74, 6) is 1.52. The largest absolute Gasteiger partial charge is 0.495 e. The highest BCUT2D eigenvalue weighted by Crippen LogP contribution is 2.32. The van der Waals surface area contributed by atoms with Gasteiger partial charge in [-0.15, -0.1) is 0 Å². The molecule has 0 spiro atoms. The number of halogens is 2. The molecule has 0 aliphatic heterocycles. The smallest absolute Gasteiger partial charge is 0.229 e. The summed E-state index contributed by atoms with van der Waals surface area (Å²) in [5, 5.41) is 7.04. The topological polar surface area (TPSA) is 59.1 Å². The van der Waals surface area contributed by atoms with Gasteiger partial charge in [0.1, 0.15) is 17.4 Å². The van der Waals surface area contributed by atoms with Crippen LogP contribution in [-0.4, -0.2) is 23.6 Å². The van der Waals surface area contributed by atoms with Crippen LogP contribution < -0.4 is 15.4 Å². The Bertz CT molecular complexity index is 918. The van der Waals surface area contributed by atoms with Gasteiger partial charge in [0, 0.05) is 23.8 Å². The number of benzene rings is 2. The number of nitrogens with one attached hydrogen (secondary N) is 2. The summed E-state index contributed by atoms with van der Waals surface area (Å²) in [5.41, 5.74) is 2.72. The van der Waals surface area contributed by atoms with E-state index >= 15 is 0 Å². The maximum atomic E-state index is 12.9. The van der Waals surface area contributed by atoms with Crippen molar-refractivity contribution in [3.8, 4) is 5.75 Å². The van der Waals surface area contributed by atoms with E-state index < -0.39 is 0 Å². The molecule has 0 saturated carbocycles. The molecule has 2 N–H and O–H groups in total. The van der Waals surface area contributed by atoms with E-state index in [1.807, 2.05) is 13.0 Å². The third-order valence-corrected chi connectivity index (χ3v) is 4.42. The number of rotatable bonds is 7. The van der Waals surface area contributed by atoms with Crippen LogP contribution in [0.2, 0.25) is 5.02 Å². The Morgan fingerprint density at radius 2 is 1.93 bits per heavy atom. The number of aromatic nitrogens is 2. The van der Waals surface area contributed by atoms with E-state index in [2.05, 4.69) is 20.6 Å². The summed E-state index contributed by atoms with van der Waals surface area (Å²) in [6.45, 7) is 2.59. The van der Waals surface area contributed by atoms with Crippen molar-refractivity contribution in [2.45, 2.75) is 13.3 Å². The minimum atomic E-state index is -0.230. The monoisotopic (exact) mass is 386 g/mol. The molecule has 0 saturated heterocycles. The summed E-state index contributed by atoms with van der Waals surface area (Å²) >= 11 is 6.14. The van der Waals surface area contributed by atoms with Crippen LogP contribution in [0.5, 0.6) is 5.75 Å². The molecule has 3 rings (SSSR count). The standard InChI is InChI=1S/C20H20ClFN4O/c1-13-11-17(18(27-2)12-16(13)21)25-20-24-10-8-19(26-20)23-9-7-14-3-5-15(22)6-4-14/h3-6,8,10-12H,7,9H2,1-2H3,(H2,23,24,25,26). The zero-order valence-electron chi connectivity index (χ0n) is 15.1. The van der Waals surface area contributed by atoms with Crippen molar-refractivity contribution >= 4 is 29.1 Å². The first-order valence-corrected chi connectivity index (χ1v) is 8.85. The first-order chi connectivity index (χ1) is 13.0. The van der Waals surface area contributed by atoms with Crippen LogP contribution in [0.3, 0.4) is 0 Å². The average Bonchev–Trinajstić information content (AvgIpc) is 2.66. The molecule has 0 atom stereocenters. The van der Waals surface area contributed by atoms with E-state index in [-0.39, 0.29) is 5.82 Å². The molecule has 0 radical (unpaired) electrons. The molecule has 1 aromatic heterocycles. The highest BCUT2D eigenvalue weighted by Gasteiger charge is 2.09. The third-order valence-electron chi connectivity index (χ3n) is 4.02. The number of anilines is 3. The van der Waals surface area contributed by atoms with Crippen molar-refractivity contribution in [2.24, 2.45) is 0 Å². The van der Waals surface area contributed by atoms with Gasteiger partial charge in [-0.3, -0.25) is 0 Å². The van der Waals surface area contributed by atoms with Crippen molar-refractivity contribution < 1.29 is 9.13 Å². The molecule has 0 aliphatic rings. The van der Waals surface area contributed by atoms with Crippen LogP contribution >= 0.6 is 11.6 Å². The molecule has 7 heteroatoms. The van der Waals surface area contributed by atoms with E-state index in [0.717, 1.165) is 23.2 Å². The van der Waals surface area contributed by atoms with Crippen LogP contribution in [0.1, 0.15) is 11.1 Å². The van der Waals surface area contributed by atoms with Gasteiger partial charge in [0.25, 0.3) is 0 Å². The third kappa shape index (κ3) is 5.08. The number of methoxy groups -OCH3 is 1. The van der Waals surface area contributed by atoms with Gasteiger partial charge in [-0.1, -0.05) is 23.7 Å². The fourth-order valence-corrected chi connectivity index (χ4v) is 2.71. The molecular weight excluding hydrogens is 367 g/mol. The highest BCUT2D eigenvalue weighted by molar-refractivity contribution is 6.31. The van der Waals surface area contributed by atoms with E-state index in [9.17, 15) is 4.39 Å². The molecule has 0 unspecified atom stereocenters. The van der Waals surface area contributed by atoms with Crippen molar-refractivity contribution in [3.63, 3.8) is 0 Å². The van der Waals surface area contributed by atoms with Crippen molar-refractivity contribution in [1.82, 2.24) is 9.97 Å². The summed E-state index contributed by atoms with van der Waals surface area (Å²) in [7, 11) is 1.58. The van der Waals surface area contributed by atoms with Crippen molar-refractivity contribution in [1.29, 1.82) is 0 Å². The minimum Gasteiger partial charge on any atom is -0.495 e. The van der Waals surface area contributed by atoms with Gasteiger partial charge in [0.05, 0.1) is 12.8 Å². The molecule has 2 aromatic carbocycles. The zero-order chi connectivity index (χ0) is 19.2. The van der Waals surface area contributed by atoms with Crippen molar-refractivity contribution in [3.05, 3.63) is 70.6 Å². The molecule has 27 heavy (non-hydrogen) atoms. The minimum absolute atomic E-state index is 0.230. The SMILES string of the molecule is COc1cc(Cl)c(C)cc1Nc1nccc(NCCc2ccc(F)cc2)n1. The first kappa shape index (κ1) is 18.9. The van der Waals surface area contributed by atoms with E-state index in [4.69, 9.17) is 16.3 Å². The van der Waals surface area contributed by atoms with Gasteiger partial charge in [-0.05, 0) is 48.7 Å². The first-order valence-electron chi connectivity index (χ1n) is 8.47. The maximum absolute atomic E-state index is 12.9. The number of hydrogen-bond acceptors (Lipinski definition) is 5. The fourth-order valence-electron chi connectivity index (χ4n) is 2.55. The fraction of sp³-hybridized carbons (Fsp3) is 0.200. The quantitative estimate of drug-likeness (QED) is 0.599. The van der Waals surface area contributed by atoms with Crippen LogP contribution in [0.4, 0.5) is 21.8 Å². The second-order valence-corrected chi connectivity index (χ2v) is 6.40. The molecular formula is C20H20ClFN4O. The number of hydrogen-bond donors (Lipinski definition) is 2. The van der Waals surface area contributed by atoms with Crippen LogP contribution in [0.25, 0.3) is 0 Å². The normalized spacial score (nSPS) is 10.5. The molecule has 5 nitrogen and oxygen atoms in total. The van der Waals surface area contributed by atoms with E-state index in [1.165, 1.54) is 12.1 Å². The van der Waals surface area contributed by atoms with Gasteiger partial charge in [-0.2, -0.15) is 4.98 Å². The molecule has 0 aliphatic carbocycles. The summed E-state index contributed by atoms with van der Waals surface area (Å²) in [4.78, 5) is 8.70. The molecule has 1 heterocycles. The predicted octanol–water partition coefficient (Wildman–Crippen LogP) is 4.98. The van der Waals surface area contributed by atoms with Gasteiger partial charge in [0.15, 0.2) is 0 Å². The lowest BCUT2D eigenvalue weighted by Crippen LogP contribution is -2.08. The molecule has 3 aromatic rings. The Morgan fingerprint density at radius 3 is 2.67 bits per heavy atom. The number of ether oxygens (including phenoxy) is 1. The second-order valence-electron chi connectivity index (χ2n) is 6.00. The lowest BCUT2D eigenvalue weighted by molar-refractivity contribution is 0.416. The summed E-state index contributed by atoms with van der Waals surface area (Å²) in [6, 6.07) is 11.9. The van der Waals surface area contributed by atoms with Crippen LogP contribution in [-0.2, 0) is 6.42 Å². The highest BCUT2D eigenvalue weighted by atomic mass is 35.5. The Morgan fingerprint density at radius 1 is 1.15 bits per heavy atom. The lowest BCUT2D eigenvalue weighted by atomic mass is 10.1. The molecule has 140 valence electrons. The predicted molar refractivity (Wildman–Crippen MR) is 107 cm³/mol. The summed E-state index contributed by atoms with van der Waals surface area (Å²) in [6.07, 6.45) is 2.43. The average molecular weight is 387 g/mol. The van der Waals surface area contributed by atoms with Crippen LogP contribution in [0.15, 0.2) is 48.7 Å². The zero-order valence-corrected chi connectivity index (χ0v) is 15.8. The van der Waals surface area contributed by atoms with Gasteiger partial charge >= 0.3 is 0 Å². The molecule has 0 amide bonds. The van der Waals surface area contributed by atoms with E-state index in [1.54, 1.807) is 37.6 Å². The Balaban J connectivity index is 1.65. The van der Waals surface area contributed by atoms with Gasteiger partial charge < -0.3 is 15.4 Å². The molecule has 0 bridgehead atoms. The lowest BCUT2D eigenvalue weighted by Gasteiger charge is -2.13. The number of nitrogens with zero attached hydrogens (tertiary/aromatic N) is 2. The number of aryl methyl sites for hydroxylation is 1. The van der Waals surface area contributed by atoms with E-state index in [0.29, 0.717) is 29.1 Å². The Kier molecular flexibility index (Phi) is 6.08. The second kappa shape index (κ2) is 8.68. The Hall–Kier alpha value is -2.86. The summed E-state index contributed by atoms with van der Waals surface area (Å²) < 4.78 is 18.3.